The van der Waals surface area contributed by atoms with Gasteiger partial charge in [-0.1, -0.05) is 93.7 Å². The fourth-order valence-electron chi connectivity index (χ4n) is 7.42. The van der Waals surface area contributed by atoms with Crippen LogP contribution in [0, 0.1) is 29.5 Å². The predicted octanol–water partition coefficient (Wildman–Crippen LogP) is 12.6. The van der Waals surface area contributed by atoms with E-state index < -0.39 is 11.7 Å². The van der Waals surface area contributed by atoms with E-state index in [-0.39, 0.29) is 11.7 Å². The van der Waals surface area contributed by atoms with Gasteiger partial charge in [0.05, 0.1) is 0 Å². The summed E-state index contributed by atoms with van der Waals surface area (Å²) in [6.45, 7) is 6.14. The molecule has 42 heavy (non-hydrogen) atoms. The van der Waals surface area contributed by atoms with Gasteiger partial charge in [0.25, 0.3) is 0 Å². The molecule has 5 rings (SSSR count). The van der Waals surface area contributed by atoms with Gasteiger partial charge in [0.2, 0.25) is 0 Å². The maximum atomic E-state index is 15.3. The van der Waals surface area contributed by atoms with Crippen molar-refractivity contribution < 1.29 is 13.2 Å². The average Bonchev–Trinajstić information content (AvgIpc) is 3.03. The first-order valence-corrected chi connectivity index (χ1v) is 16.5. The molecule has 3 heteroatoms. The lowest BCUT2D eigenvalue weighted by Crippen LogP contribution is -2.22. The van der Waals surface area contributed by atoms with Crippen LogP contribution in [0.4, 0.5) is 13.2 Å². The molecule has 2 aromatic carbocycles. The van der Waals surface area contributed by atoms with Crippen LogP contribution in [0.1, 0.15) is 108 Å². The van der Waals surface area contributed by atoms with Crippen LogP contribution in [0.15, 0.2) is 78.9 Å². The highest BCUT2D eigenvalue weighted by atomic mass is 19.2. The number of benzene rings is 2. The molecule has 0 N–H and O–H groups in total. The van der Waals surface area contributed by atoms with E-state index in [1.54, 1.807) is 18.2 Å². The molecule has 0 heterocycles. The second-order valence-electron chi connectivity index (χ2n) is 12.9. The van der Waals surface area contributed by atoms with Crippen LogP contribution in [0.2, 0.25) is 0 Å². The first-order chi connectivity index (χ1) is 20.5. The van der Waals surface area contributed by atoms with Crippen LogP contribution in [0.5, 0.6) is 0 Å². The Balaban J connectivity index is 1.20. The zero-order chi connectivity index (χ0) is 29.5. The van der Waals surface area contributed by atoms with E-state index in [2.05, 4.69) is 25.7 Å². The second-order valence-corrected chi connectivity index (χ2v) is 12.9. The van der Waals surface area contributed by atoms with E-state index >= 15 is 8.78 Å². The van der Waals surface area contributed by atoms with Crippen molar-refractivity contribution in [3.05, 3.63) is 95.9 Å². The van der Waals surface area contributed by atoms with Gasteiger partial charge in [-0.3, -0.25) is 0 Å². The van der Waals surface area contributed by atoms with Gasteiger partial charge in [-0.2, -0.15) is 0 Å². The Morgan fingerprint density at radius 2 is 1.48 bits per heavy atom. The normalized spacial score (nSPS) is 24.8. The Morgan fingerprint density at radius 1 is 0.762 bits per heavy atom. The number of rotatable bonds is 11. The fourth-order valence-corrected chi connectivity index (χ4v) is 7.42. The van der Waals surface area contributed by atoms with Gasteiger partial charge in [0.15, 0.2) is 5.83 Å². The maximum absolute atomic E-state index is 15.3. The smallest absolute Gasteiger partial charge is 0.162 e. The van der Waals surface area contributed by atoms with Gasteiger partial charge >= 0.3 is 0 Å². The topological polar surface area (TPSA) is 0 Å². The predicted molar refractivity (Wildman–Crippen MR) is 172 cm³/mol. The summed E-state index contributed by atoms with van der Waals surface area (Å²) in [5.74, 6) is 0.296. The standard InChI is InChI=1S/C39H47F3/c1-3-5-6-7-8-9-33-22-25-36(39(42)38(33)41)32-20-18-31(19-21-32)35-24-23-34(26-37(35)40)30-16-14-29(15-17-30)28-12-10-27(4-2)11-13-28/h4,16,18-21,23-29,33H,2-3,5-15,17,22H2,1H3. The molecule has 2 atom stereocenters. The summed E-state index contributed by atoms with van der Waals surface area (Å²) in [5.41, 5.74) is 4.43. The molecule has 224 valence electrons. The van der Waals surface area contributed by atoms with Crippen LogP contribution < -0.4 is 0 Å². The lowest BCUT2D eigenvalue weighted by molar-refractivity contribution is 0.212. The lowest BCUT2D eigenvalue weighted by atomic mass is 9.71. The average molecular weight is 573 g/mol. The molecule has 0 amide bonds. The summed E-state index contributed by atoms with van der Waals surface area (Å²) in [5, 5.41) is 0. The monoisotopic (exact) mass is 572 g/mol. The molecule has 3 aliphatic carbocycles. The van der Waals surface area contributed by atoms with Crippen LogP contribution in [0.3, 0.4) is 0 Å². The van der Waals surface area contributed by atoms with Crippen LogP contribution in [-0.4, -0.2) is 0 Å². The van der Waals surface area contributed by atoms with Crippen molar-refractivity contribution in [2.75, 3.05) is 0 Å². The molecule has 0 aliphatic heterocycles. The zero-order valence-electron chi connectivity index (χ0n) is 25.3. The first-order valence-electron chi connectivity index (χ1n) is 16.5. The molecule has 0 bridgehead atoms. The van der Waals surface area contributed by atoms with Crippen LogP contribution in [-0.2, 0) is 0 Å². The fraction of sp³-hybridized carbons (Fsp3) is 0.487. The van der Waals surface area contributed by atoms with Crippen molar-refractivity contribution in [1.29, 1.82) is 0 Å². The Labute approximate surface area is 251 Å². The molecule has 0 nitrogen and oxygen atoms in total. The third kappa shape index (κ3) is 7.21. The van der Waals surface area contributed by atoms with E-state index in [1.165, 1.54) is 50.5 Å². The number of hydrogen-bond donors (Lipinski definition) is 0. The Bertz CT molecular complexity index is 1300. The Hall–Kier alpha value is -2.81. The van der Waals surface area contributed by atoms with Crippen molar-refractivity contribution in [1.82, 2.24) is 0 Å². The van der Waals surface area contributed by atoms with E-state index in [1.807, 2.05) is 30.3 Å². The van der Waals surface area contributed by atoms with Crippen molar-refractivity contribution in [2.24, 2.45) is 23.7 Å². The molecule has 0 spiro atoms. The molecule has 1 fully saturated rings. The van der Waals surface area contributed by atoms with Crippen molar-refractivity contribution in [3.8, 4) is 11.1 Å². The van der Waals surface area contributed by atoms with Gasteiger partial charge in [0.1, 0.15) is 11.6 Å². The minimum Gasteiger partial charge on any atom is -0.208 e. The summed E-state index contributed by atoms with van der Waals surface area (Å²) < 4.78 is 45.3. The summed E-state index contributed by atoms with van der Waals surface area (Å²) >= 11 is 0. The van der Waals surface area contributed by atoms with Gasteiger partial charge in [-0.15, -0.1) is 6.58 Å². The maximum Gasteiger partial charge on any atom is 0.162 e. The lowest BCUT2D eigenvalue weighted by Gasteiger charge is -2.34. The highest BCUT2D eigenvalue weighted by Crippen LogP contribution is 2.42. The number of halogens is 3. The molecule has 0 aromatic heterocycles. The molecular weight excluding hydrogens is 525 g/mol. The number of allylic oxidation sites excluding steroid dienone is 7. The molecule has 1 saturated carbocycles. The third-order valence-electron chi connectivity index (χ3n) is 10.2. The van der Waals surface area contributed by atoms with E-state index in [9.17, 15) is 4.39 Å². The van der Waals surface area contributed by atoms with Gasteiger partial charge in [0, 0.05) is 17.1 Å². The van der Waals surface area contributed by atoms with Crippen molar-refractivity contribution in [2.45, 2.75) is 96.8 Å². The third-order valence-corrected chi connectivity index (χ3v) is 10.2. The largest absolute Gasteiger partial charge is 0.208 e. The number of hydrogen-bond acceptors (Lipinski definition) is 0. The van der Waals surface area contributed by atoms with E-state index in [0.29, 0.717) is 35.5 Å². The van der Waals surface area contributed by atoms with Crippen LogP contribution in [0.25, 0.3) is 22.3 Å². The minimum atomic E-state index is -0.740. The van der Waals surface area contributed by atoms with Gasteiger partial charge in [-0.25, -0.2) is 13.2 Å². The number of unbranched alkanes of at least 4 members (excludes halogenated alkanes) is 4. The highest BCUT2D eigenvalue weighted by Gasteiger charge is 2.28. The minimum absolute atomic E-state index is 0.248. The van der Waals surface area contributed by atoms with E-state index in [0.717, 1.165) is 55.1 Å². The SMILES string of the molecule is C=CC1CCC(C2CC=C(c3ccc(-c4ccc(C5=CCC(CCCCCCC)C(F)=C5F)cc4)c(F)c3)CC2)CC1. The highest BCUT2D eigenvalue weighted by molar-refractivity contribution is 5.80. The molecule has 2 unspecified atom stereocenters. The van der Waals surface area contributed by atoms with E-state index in [4.69, 9.17) is 0 Å². The van der Waals surface area contributed by atoms with Crippen LogP contribution >= 0.6 is 0 Å². The Kier molecular flexibility index (Phi) is 10.6. The summed E-state index contributed by atoms with van der Waals surface area (Å²) in [7, 11) is 0. The molecule has 2 aromatic rings. The quantitative estimate of drug-likeness (QED) is 0.186. The second kappa shape index (κ2) is 14.6. The molecule has 0 radical (unpaired) electrons. The van der Waals surface area contributed by atoms with Gasteiger partial charge in [-0.05, 0) is 104 Å². The zero-order valence-corrected chi connectivity index (χ0v) is 25.3. The molecule has 0 saturated heterocycles. The first kappa shape index (κ1) is 30.6. The van der Waals surface area contributed by atoms with Crippen molar-refractivity contribution >= 4 is 11.1 Å². The summed E-state index contributed by atoms with van der Waals surface area (Å²) in [4.78, 5) is 0. The summed E-state index contributed by atoms with van der Waals surface area (Å²) in [6.07, 6.45) is 21.5. The van der Waals surface area contributed by atoms with Crippen molar-refractivity contribution in [3.63, 3.8) is 0 Å². The summed E-state index contributed by atoms with van der Waals surface area (Å²) in [6, 6.07) is 12.7. The van der Waals surface area contributed by atoms with Gasteiger partial charge < -0.3 is 0 Å². The Morgan fingerprint density at radius 3 is 2.14 bits per heavy atom. The molecular formula is C39H47F3. The molecule has 3 aliphatic rings.